The lowest BCUT2D eigenvalue weighted by atomic mass is 10.0. The first-order valence-corrected chi connectivity index (χ1v) is 8.08. The van der Waals surface area contributed by atoms with Crippen LogP contribution in [0.5, 0.6) is 0 Å². The summed E-state index contributed by atoms with van der Waals surface area (Å²) in [6.45, 7) is 1.74. The molecule has 2 rings (SSSR count). The Morgan fingerprint density at radius 3 is 2.75 bits per heavy atom. The average molecular weight is 321 g/mol. The van der Waals surface area contributed by atoms with Crippen LogP contribution >= 0.6 is 11.6 Å². The van der Waals surface area contributed by atoms with Crippen molar-refractivity contribution in [1.82, 2.24) is 9.71 Å². The lowest BCUT2D eigenvalue weighted by molar-refractivity contribution is 0.0678. The van der Waals surface area contributed by atoms with Crippen LogP contribution in [-0.4, -0.2) is 33.2 Å². The number of ether oxygens (including phenoxy) is 1. The number of rotatable bonds is 5. The number of halogens is 1. The standard InChI is InChI=1S/C11H17ClN4O3S/c12-10-5-9(7-14-11(10)16-13)20(17,18)15-6-8-1-3-19-4-2-8/h5,7-8,15H,1-4,6,13H2,(H,14,16). The highest BCUT2D eigenvalue weighted by molar-refractivity contribution is 7.89. The van der Waals surface area contributed by atoms with Crippen LogP contribution in [0.2, 0.25) is 5.02 Å². The van der Waals surface area contributed by atoms with E-state index in [1.165, 1.54) is 12.3 Å². The number of nitrogens with one attached hydrogen (secondary N) is 2. The molecule has 1 saturated heterocycles. The summed E-state index contributed by atoms with van der Waals surface area (Å²) in [6.07, 6.45) is 2.93. The third kappa shape index (κ3) is 3.80. The summed E-state index contributed by atoms with van der Waals surface area (Å²) in [5.41, 5.74) is 2.29. The number of hydrogen-bond donors (Lipinski definition) is 3. The number of hydrazine groups is 1. The van der Waals surface area contributed by atoms with Gasteiger partial charge in [0.1, 0.15) is 4.90 Å². The molecule has 4 N–H and O–H groups in total. The largest absolute Gasteiger partial charge is 0.381 e. The molecule has 0 atom stereocenters. The van der Waals surface area contributed by atoms with Gasteiger partial charge in [0, 0.05) is 26.0 Å². The van der Waals surface area contributed by atoms with Gasteiger partial charge in [0.05, 0.1) is 5.02 Å². The molecule has 20 heavy (non-hydrogen) atoms. The van der Waals surface area contributed by atoms with Crippen LogP contribution in [-0.2, 0) is 14.8 Å². The van der Waals surface area contributed by atoms with E-state index in [1.807, 2.05) is 0 Å². The Labute approximate surface area is 122 Å². The summed E-state index contributed by atoms with van der Waals surface area (Å²) < 4.78 is 32.1. The van der Waals surface area contributed by atoms with Crippen molar-refractivity contribution in [1.29, 1.82) is 0 Å². The van der Waals surface area contributed by atoms with Gasteiger partial charge in [-0.3, -0.25) is 0 Å². The van der Waals surface area contributed by atoms with E-state index in [0.717, 1.165) is 12.8 Å². The zero-order chi connectivity index (χ0) is 14.6. The van der Waals surface area contributed by atoms with Gasteiger partial charge in [0.15, 0.2) is 5.82 Å². The Balaban J connectivity index is 2.04. The Hall–Kier alpha value is -0.930. The monoisotopic (exact) mass is 320 g/mol. The van der Waals surface area contributed by atoms with Gasteiger partial charge in [-0.2, -0.15) is 0 Å². The van der Waals surface area contributed by atoms with Crippen molar-refractivity contribution < 1.29 is 13.2 Å². The van der Waals surface area contributed by atoms with Crippen LogP contribution in [0, 0.1) is 5.92 Å². The van der Waals surface area contributed by atoms with Crippen molar-refractivity contribution in [3.8, 4) is 0 Å². The molecule has 7 nitrogen and oxygen atoms in total. The molecule has 0 amide bonds. The molecule has 0 bridgehead atoms. The number of aromatic nitrogens is 1. The second-order valence-corrected chi connectivity index (χ2v) is 6.73. The highest BCUT2D eigenvalue weighted by atomic mass is 35.5. The Bertz CT molecular complexity index is 561. The minimum atomic E-state index is -3.61. The number of nitrogen functional groups attached to an aromatic ring is 1. The molecule has 1 fully saturated rings. The molecule has 0 saturated carbocycles. The number of anilines is 1. The maximum atomic E-state index is 12.1. The fourth-order valence-electron chi connectivity index (χ4n) is 1.93. The quantitative estimate of drug-likeness (QED) is 0.545. The third-order valence-electron chi connectivity index (χ3n) is 3.17. The lowest BCUT2D eigenvalue weighted by Gasteiger charge is -2.22. The predicted octanol–water partition coefficient (Wildman–Crippen LogP) is 0.725. The van der Waals surface area contributed by atoms with E-state index < -0.39 is 10.0 Å². The normalized spacial score (nSPS) is 17.1. The van der Waals surface area contributed by atoms with Crippen molar-refractivity contribution in [2.75, 3.05) is 25.2 Å². The maximum Gasteiger partial charge on any atom is 0.242 e. The smallest absolute Gasteiger partial charge is 0.242 e. The topological polar surface area (TPSA) is 106 Å². The zero-order valence-corrected chi connectivity index (χ0v) is 12.4. The van der Waals surface area contributed by atoms with E-state index in [1.54, 1.807) is 0 Å². The van der Waals surface area contributed by atoms with Gasteiger partial charge < -0.3 is 10.2 Å². The molecular formula is C11H17ClN4O3S. The summed E-state index contributed by atoms with van der Waals surface area (Å²) in [5, 5.41) is 0.154. The Kier molecular flexibility index (Phi) is 5.17. The summed E-state index contributed by atoms with van der Waals surface area (Å²) in [6, 6.07) is 1.32. The number of pyridine rings is 1. The minimum absolute atomic E-state index is 0.0218. The van der Waals surface area contributed by atoms with Gasteiger partial charge in [-0.25, -0.2) is 24.0 Å². The number of sulfonamides is 1. The molecular weight excluding hydrogens is 304 g/mol. The Morgan fingerprint density at radius 2 is 2.15 bits per heavy atom. The van der Waals surface area contributed by atoms with Gasteiger partial charge in [-0.15, -0.1) is 0 Å². The minimum Gasteiger partial charge on any atom is -0.381 e. The zero-order valence-electron chi connectivity index (χ0n) is 10.8. The van der Waals surface area contributed by atoms with E-state index >= 15 is 0 Å². The number of nitrogens with two attached hydrogens (primary N) is 1. The van der Waals surface area contributed by atoms with Crippen molar-refractivity contribution >= 4 is 27.4 Å². The van der Waals surface area contributed by atoms with Crippen LogP contribution in [0.25, 0.3) is 0 Å². The van der Waals surface area contributed by atoms with E-state index in [9.17, 15) is 8.42 Å². The average Bonchev–Trinajstić information content (AvgIpc) is 2.46. The maximum absolute atomic E-state index is 12.1. The van der Waals surface area contributed by atoms with Crippen LogP contribution in [0.1, 0.15) is 12.8 Å². The van der Waals surface area contributed by atoms with Gasteiger partial charge in [0.25, 0.3) is 0 Å². The van der Waals surface area contributed by atoms with Gasteiger partial charge in [-0.05, 0) is 24.8 Å². The van der Waals surface area contributed by atoms with Crippen LogP contribution in [0.3, 0.4) is 0 Å². The van der Waals surface area contributed by atoms with E-state index in [4.69, 9.17) is 22.2 Å². The summed E-state index contributed by atoms with van der Waals surface area (Å²) >= 11 is 5.87. The first-order valence-electron chi connectivity index (χ1n) is 6.22. The van der Waals surface area contributed by atoms with Crippen molar-refractivity contribution in [2.45, 2.75) is 17.7 Å². The molecule has 112 valence electrons. The highest BCUT2D eigenvalue weighted by Gasteiger charge is 2.20. The SMILES string of the molecule is NNc1ncc(S(=O)(=O)NCC2CCOCC2)cc1Cl. The van der Waals surface area contributed by atoms with Gasteiger partial charge in [0.2, 0.25) is 10.0 Å². The summed E-state index contributed by atoms with van der Waals surface area (Å²) in [7, 11) is -3.61. The van der Waals surface area contributed by atoms with Gasteiger partial charge in [-0.1, -0.05) is 11.6 Å². The number of hydrogen-bond acceptors (Lipinski definition) is 6. The molecule has 0 aliphatic carbocycles. The van der Waals surface area contributed by atoms with Crippen LogP contribution < -0.4 is 16.0 Å². The second-order valence-electron chi connectivity index (χ2n) is 4.55. The van der Waals surface area contributed by atoms with E-state index in [0.29, 0.717) is 25.7 Å². The van der Waals surface area contributed by atoms with Crippen LogP contribution in [0.4, 0.5) is 5.82 Å². The first kappa shape index (κ1) is 15.5. The predicted molar refractivity (Wildman–Crippen MR) is 75.8 cm³/mol. The van der Waals surface area contributed by atoms with Crippen molar-refractivity contribution in [3.05, 3.63) is 17.3 Å². The molecule has 1 aromatic heterocycles. The number of nitrogens with zero attached hydrogens (tertiary/aromatic N) is 1. The lowest BCUT2D eigenvalue weighted by Crippen LogP contribution is -2.32. The van der Waals surface area contributed by atoms with Crippen LogP contribution in [0.15, 0.2) is 17.2 Å². The third-order valence-corrected chi connectivity index (χ3v) is 4.84. The molecule has 9 heteroatoms. The first-order chi connectivity index (χ1) is 9.53. The molecule has 1 aliphatic rings. The molecule has 2 heterocycles. The summed E-state index contributed by atoms with van der Waals surface area (Å²) in [4.78, 5) is 3.87. The molecule has 1 aliphatic heterocycles. The Morgan fingerprint density at radius 1 is 1.45 bits per heavy atom. The molecule has 0 aromatic carbocycles. The molecule has 0 spiro atoms. The van der Waals surface area contributed by atoms with Gasteiger partial charge >= 0.3 is 0 Å². The molecule has 1 aromatic rings. The second kappa shape index (κ2) is 6.68. The van der Waals surface area contributed by atoms with E-state index in [-0.39, 0.29) is 15.7 Å². The van der Waals surface area contributed by atoms with Crippen molar-refractivity contribution in [3.63, 3.8) is 0 Å². The van der Waals surface area contributed by atoms with Crippen molar-refractivity contribution in [2.24, 2.45) is 11.8 Å². The highest BCUT2D eigenvalue weighted by Crippen LogP contribution is 2.22. The molecule has 0 radical (unpaired) electrons. The van der Waals surface area contributed by atoms with E-state index in [2.05, 4.69) is 15.1 Å². The summed E-state index contributed by atoms with van der Waals surface area (Å²) in [5.74, 6) is 5.72. The molecule has 0 unspecified atom stereocenters. The fraction of sp³-hybridized carbons (Fsp3) is 0.545. The fourth-order valence-corrected chi connectivity index (χ4v) is 3.31.